The Morgan fingerprint density at radius 1 is 1.06 bits per heavy atom. The summed E-state index contributed by atoms with van der Waals surface area (Å²) in [5.74, 6) is 2.27. The summed E-state index contributed by atoms with van der Waals surface area (Å²) in [5.41, 5.74) is 9.71. The normalized spacial score (nSPS) is 11.1. The van der Waals surface area contributed by atoms with Crippen LogP contribution in [0.15, 0.2) is 48.5 Å². The summed E-state index contributed by atoms with van der Waals surface area (Å²) in [6.07, 6.45) is 4.83. The van der Waals surface area contributed by atoms with Gasteiger partial charge in [0.05, 0.1) is 18.1 Å². The zero-order valence-corrected chi connectivity index (χ0v) is 19.8. The van der Waals surface area contributed by atoms with E-state index in [1.807, 2.05) is 42.5 Å². The van der Waals surface area contributed by atoms with Crippen molar-refractivity contribution in [3.05, 3.63) is 54.4 Å². The number of unbranched alkanes of at least 4 members (excludes halogenated alkanes) is 2. The number of methoxy groups -OCH3 is 1. The lowest BCUT2D eigenvalue weighted by molar-refractivity contribution is 0.252. The van der Waals surface area contributed by atoms with Gasteiger partial charge < -0.3 is 25.7 Å². The largest absolute Gasteiger partial charge is 0.497 e. The van der Waals surface area contributed by atoms with Crippen molar-refractivity contribution in [2.24, 2.45) is 0 Å². The minimum Gasteiger partial charge on any atom is -0.497 e. The molecule has 2 aromatic carbocycles. The predicted octanol–water partition coefficient (Wildman–Crippen LogP) is 5.12. The van der Waals surface area contributed by atoms with E-state index in [2.05, 4.69) is 33.2 Å². The highest BCUT2D eigenvalue weighted by Gasteiger charge is 2.16. The first-order valence-electron chi connectivity index (χ1n) is 11.8. The first-order chi connectivity index (χ1) is 16.6. The number of carbonyl (C=O) groups excluding carboxylic acids is 1. The molecule has 0 aliphatic carbocycles. The number of nitrogen functional groups attached to an aromatic ring is 1. The highest BCUT2D eigenvalue weighted by atomic mass is 16.5. The van der Waals surface area contributed by atoms with Gasteiger partial charge >= 0.3 is 6.03 Å². The van der Waals surface area contributed by atoms with Gasteiger partial charge in [-0.2, -0.15) is 0 Å². The molecule has 2 aromatic heterocycles. The summed E-state index contributed by atoms with van der Waals surface area (Å²) in [4.78, 5) is 21.6. The van der Waals surface area contributed by atoms with E-state index in [1.165, 1.54) is 0 Å². The molecule has 0 fully saturated rings. The van der Waals surface area contributed by atoms with Crippen LogP contribution in [-0.2, 0) is 13.0 Å². The van der Waals surface area contributed by atoms with Gasteiger partial charge in [-0.15, -0.1) is 0 Å². The fourth-order valence-corrected chi connectivity index (χ4v) is 4.12. The first-order valence-corrected chi connectivity index (χ1v) is 11.8. The summed E-state index contributed by atoms with van der Waals surface area (Å²) >= 11 is 0. The van der Waals surface area contributed by atoms with Crippen LogP contribution in [0.5, 0.6) is 5.75 Å². The topological polar surface area (TPSA) is 107 Å². The molecule has 34 heavy (non-hydrogen) atoms. The number of aromatic nitrogens is 3. The third kappa shape index (κ3) is 5.22. The SMILES string of the molecule is CCCCc1nc2c(N)nc3ccccc3c2n1CCCCNC(=O)Nc1ccc(OC)cc1. The number of hydrogen-bond acceptors (Lipinski definition) is 5. The van der Waals surface area contributed by atoms with Gasteiger partial charge in [0.25, 0.3) is 0 Å². The van der Waals surface area contributed by atoms with Crippen LogP contribution >= 0.6 is 0 Å². The van der Waals surface area contributed by atoms with Crippen molar-refractivity contribution in [2.75, 3.05) is 24.7 Å². The Balaban J connectivity index is 1.40. The van der Waals surface area contributed by atoms with E-state index in [-0.39, 0.29) is 6.03 Å². The van der Waals surface area contributed by atoms with Crippen LogP contribution in [0.1, 0.15) is 38.4 Å². The number of nitrogens with one attached hydrogen (secondary N) is 2. The van der Waals surface area contributed by atoms with Crippen LogP contribution < -0.4 is 21.1 Å². The Kier molecular flexibility index (Phi) is 7.47. The number of para-hydroxylation sites is 1. The first kappa shape index (κ1) is 23.4. The molecule has 0 unspecified atom stereocenters. The highest BCUT2D eigenvalue weighted by Crippen LogP contribution is 2.29. The molecule has 0 atom stereocenters. The fourth-order valence-electron chi connectivity index (χ4n) is 4.12. The van der Waals surface area contributed by atoms with E-state index in [0.717, 1.165) is 77.8 Å². The number of urea groups is 1. The Hall–Kier alpha value is -3.81. The molecule has 0 aliphatic heterocycles. The molecule has 0 bridgehead atoms. The number of anilines is 2. The van der Waals surface area contributed by atoms with Gasteiger partial charge in [0, 0.05) is 30.6 Å². The van der Waals surface area contributed by atoms with Crippen molar-refractivity contribution >= 4 is 39.5 Å². The van der Waals surface area contributed by atoms with Gasteiger partial charge in [-0.05, 0) is 49.6 Å². The second-order valence-corrected chi connectivity index (χ2v) is 8.31. The average molecular weight is 461 g/mol. The number of ether oxygens (including phenoxy) is 1. The average Bonchev–Trinajstić information content (AvgIpc) is 3.22. The number of imidazole rings is 1. The van der Waals surface area contributed by atoms with Gasteiger partial charge in [0.2, 0.25) is 0 Å². The summed E-state index contributed by atoms with van der Waals surface area (Å²) in [6.45, 7) is 3.58. The number of nitrogens with two attached hydrogens (primary N) is 1. The van der Waals surface area contributed by atoms with E-state index in [9.17, 15) is 4.79 Å². The Labute approximate surface area is 199 Å². The van der Waals surface area contributed by atoms with Crippen LogP contribution in [0, 0.1) is 0 Å². The van der Waals surface area contributed by atoms with Crippen LogP contribution in [-0.4, -0.2) is 34.2 Å². The minimum absolute atomic E-state index is 0.216. The summed E-state index contributed by atoms with van der Waals surface area (Å²) < 4.78 is 7.43. The van der Waals surface area contributed by atoms with Crippen molar-refractivity contribution in [1.29, 1.82) is 0 Å². The summed E-state index contributed by atoms with van der Waals surface area (Å²) in [6, 6.07) is 15.1. The van der Waals surface area contributed by atoms with Crippen LogP contribution in [0.2, 0.25) is 0 Å². The quantitative estimate of drug-likeness (QED) is 0.285. The van der Waals surface area contributed by atoms with Crippen LogP contribution in [0.4, 0.5) is 16.3 Å². The lowest BCUT2D eigenvalue weighted by atomic mass is 10.2. The molecule has 2 amide bonds. The third-order valence-corrected chi connectivity index (χ3v) is 5.89. The van der Waals surface area contributed by atoms with Gasteiger partial charge in [-0.25, -0.2) is 14.8 Å². The summed E-state index contributed by atoms with van der Waals surface area (Å²) in [7, 11) is 1.61. The molecule has 0 saturated carbocycles. The molecule has 2 heterocycles. The number of fused-ring (bicyclic) bond motifs is 3. The Bertz CT molecular complexity index is 1270. The molecule has 8 nitrogen and oxygen atoms in total. The van der Waals surface area contributed by atoms with E-state index in [4.69, 9.17) is 15.5 Å². The molecule has 0 radical (unpaired) electrons. The van der Waals surface area contributed by atoms with Crippen molar-refractivity contribution in [2.45, 2.75) is 45.6 Å². The molecular weight excluding hydrogens is 428 g/mol. The molecular formula is C26H32N6O2. The van der Waals surface area contributed by atoms with E-state index in [1.54, 1.807) is 7.11 Å². The number of carbonyl (C=O) groups is 1. The van der Waals surface area contributed by atoms with Crippen LogP contribution in [0.25, 0.3) is 21.9 Å². The Morgan fingerprint density at radius 3 is 2.62 bits per heavy atom. The minimum atomic E-state index is -0.216. The summed E-state index contributed by atoms with van der Waals surface area (Å²) in [5, 5.41) is 6.84. The standard InChI is InChI=1S/C26H32N6O2/c1-3-4-11-22-31-23-24(20-9-5-6-10-21(20)30-25(23)27)32(22)17-8-7-16-28-26(33)29-18-12-14-19(34-2)15-13-18/h5-6,9-10,12-15H,3-4,7-8,11,16-17H2,1-2H3,(H2,27,30)(H2,28,29,33). The van der Waals surface area contributed by atoms with E-state index >= 15 is 0 Å². The number of hydrogen-bond donors (Lipinski definition) is 3. The molecule has 178 valence electrons. The molecule has 4 aromatic rings. The molecule has 0 aliphatic rings. The maximum Gasteiger partial charge on any atom is 0.319 e. The lowest BCUT2D eigenvalue weighted by Gasteiger charge is -2.12. The number of benzene rings is 2. The fraction of sp³-hybridized carbons (Fsp3) is 0.346. The van der Waals surface area contributed by atoms with E-state index in [0.29, 0.717) is 12.4 Å². The second kappa shape index (κ2) is 10.9. The lowest BCUT2D eigenvalue weighted by Crippen LogP contribution is -2.29. The predicted molar refractivity (Wildman–Crippen MR) is 137 cm³/mol. The molecule has 0 spiro atoms. The number of aryl methyl sites for hydroxylation is 2. The monoisotopic (exact) mass is 460 g/mol. The number of pyridine rings is 1. The van der Waals surface area contributed by atoms with Crippen molar-refractivity contribution < 1.29 is 9.53 Å². The molecule has 0 saturated heterocycles. The van der Waals surface area contributed by atoms with E-state index < -0.39 is 0 Å². The van der Waals surface area contributed by atoms with Gasteiger partial charge in [0.15, 0.2) is 5.82 Å². The smallest absolute Gasteiger partial charge is 0.319 e. The maximum atomic E-state index is 12.2. The van der Waals surface area contributed by atoms with Crippen molar-refractivity contribution in [3.63, 3.8) is 0 Å². The number of amides is 2. The van der Waals surface area contributed by atoms with Crippen molar-refractivity contribution in [1.82, 2.24) is 19.9 Å². The van der Waals surface area contributed by atoms with Gasteiger partial charge in [-0.3, -0.25) is 0 Å². The number of rotatable bonds is 10. The van der Waals surface area contributed by atoms with Gasteiger partial charge in [0.1, 0.15) is 17.1 Å². The van der Waals surface area contributed by atoms with Gasteiger partial charge in [-0.1, -0.05) is 31.5 Å². The number of nitrogens with zero attached hydrogens (tertiary/aromatic N) is 3. The zero-order chi connectivity index (χ0) is 23.9. The van der Waals surface area contributed by atoms with Crippen LogP contribution in [0.3, 0.4) is 0 Å². The van der Waals surface area contributed by atoms with Crippen molar-refractivity contribution in [3.8, 4) is 5.75 Å². The molecule has 8 heteroatoms. The molecule has 4 rings (SSSR count). The Morgan fingerprint density at radius 2 is 1.85 bits per heavy atom. The zero-order valence-electron chi connectivity index (χ0n) is 19.8. The maximum absolute atomic E-state index is 12.2. The molecule has 4 N–H and O–H groups in total. The highest BCUT2D eigenvalue weighted by molar-refractivity contribution is 6.06. The second-order valence-electron chi connectivity index (χ2n) is 8.31. The third-order valence-electron chi connectivity index (χ3n) is 5.89.